The van der Waals surface area contributed by atoms with Crippen LogP contribution in [0.3, 0.4) is 0 Å². The van der Waals surface area contributed by atoms with Crippen LogP contribution >= 0.6 is 11.8 Å². The zero-order valence-electron chi connectivity index (χ0n) is 16.6. The summed E-state index contributed by atoms with van der Waals surface area (Å²) in [5.41, 5.74) is -0.436. The van der Waals surface area contributed by atoms with Crippen LogP contribution in [0.5, 0.6) is 0 Å². The molecule has 1 saturated heterocycles. The summed E-state index contributed by atoms with van der Waals surface area (Å²) in [6, 6.07) is 3.44. The minimum Gasteiger partial charge on any atom is -0.370 e. The Labute approximate surface area is 176 Å². The molecule has 11 heteroatoms. The number of carbonyl (C=O) groups excluding carboxylic acids is 1. The Hall–Kier alpha value is -2.43. The normalized spacial score (nSPS) is 14.7. The smallest absolute Gasteiger partial charge is 0.370 e. The predicted molar refractivity (Wildman–Crippen MR) is 110 cm³/mol. The molecule has 0 aliphatic carbocycles. The van der Waals surface area contributed by atoms with Crippen LogP contribution in [0.1, 0.15) is 38.2 Å². The number of aromatic amines is 1. The number of nitrogens with zero attached hydrogens (tertiary/aromatic N) is 3. The quantitative estimate of drug-likeness (QED) is 0.638. The van der Waals surface area contributed by atoms with E-state index in [1.54, 1.807) is 0 Å². The number of H-pyrrole nitrogens is 1. The number of alkyl halides is 3. The number of carbonyl (C=O) groups is 1. The first-order valence-corrected chi connectivity index (χ1v) is 10.8. The van der Waals surface area contributed by atoms with Crippen molar-refractivity contribution in [3.05, 3.63) is 34.2 Å². The molecule has 2 N–H and O–H groups in total. The summed E-state index contributed by atoms with van der Waals surface area (Å²) in [5, 5.41) is 9.24. The predicted octanol–water partition coefficient (Wildman–Crippen LogP) is 3.72. The van der Waals surface area contributed by atoms with Gasteiger partial charge in [0.05, 0.1) is 22.7 Å². The first kappa shape index (κ1) is 22.3. The molecule has 0 radical (unpaired) electrons. The number of amides is 1. The summed E-state index contributed by atoms with van der Waals surface area (Å²) in [7, 11) is 0. The second-order valence-electron chi connectivity index (χ2n) is 7.08. The number of aromatic nitrogens is 3. The molecule has 1 aromatic heterocycles. The van der Waals surface area contributed by atoms with Crippen LogP contribution in [0.25, 0.3) is 0 Å². The van der Waals surface area contributed by atoms with Crippen LogP contribution in [-0.4, -0.2) is 39.5 Å². The Morgan fingerprint density at radius 2 is 2.00 bits per heavy atom. The topological polar surface area (TPSA) is 83.0 Å². The molecule has 7 nitrogen and oxygen atoms in total. The number of piperidine rings is 1. The van der Waals surface area contributed by atoms with E-state index in [0.717, 1.165) is 62.7 Å². The molecule has 1 amide bonds. The summed E-state index contributed by atoms with van der Waals surface area (Å²) in [5.74, 6) is -0.542. The van der Waals surface area contributed by atoms with Crippen LogP contribution in [0.2, 0.25) is 0 Å². The van der Waals surface area contributed by atoms with Crippen LogP contribution in [0.4, 0.5) is 24.5 Å². The third-order valence-electron chi connectivity index (χ3n) is 4.80. The third-order valence-corrected chi connectivity index (χ3v) is 5.77. The van der Waals surface area contributed by atoms with Gasteiger partial charge in [0.15, 0.2) is 5.16 Å². The van der Waals surface area contributed by atoms with E-state index in [-0.39, 0.29) is 17.1 Å². The molecule has 1 aliphatic rings. The molecule has 164 valence electrons. The highest BCUT2D eigenvalue weighted by atomic mass is 32.2. The van der Waals surface area contributed by atoms with Gasteiger partial charge in [-0.15, -0.1) is 5.10 Å². The summed E-state index contributed by atoms with van der Waals surface area (Å²) in [6.45, 7) is 3.85. The lowest BCUT2D eigenvalue weighted by Crippen LogP contribution is -2.30. The molecule has 1 fully saturated rings. The number of hydrogen-bond donors (Lipinski definition) is 2. The van der Waals surface area contributed by atoms with Gasteiger partial charge in [-0.25, -0.2) is 9.89 Å². The summed E-state index contributed by atoms with van der Waals surface area (Å²) >= 11 is 1.06. The zero-order chi connectivity index (χ0) is 21.7. The Morgan fingerprint density at radius 3 is 2.67 bits per heavy atom. The highest BCUT2D eigenvalue weighted by Crippen LogP contribution is 2.36. The highest BCUT2D eigenvalue weighted by Gasteiger charge is 2.32. The number of nitrogens with one attached hydrogen (secondary N) is 2. The molecule has 0 atom stereocenters. The molecule has 30 heavy (non-hydrogen) atoms. The highest BCUT2D eigenvalue weighted by molar-refractivity contribution is 7.99. The third kappa shape index (κ3) is 5.38. The van der Waals surface area contributed by atoms with E-state index in [1.807, 2.05) is 11.8 Å². The van der Waals surface area contributed by atoms with Crippen molar-refractivity contribution in [2.75, 3.05) is 29.1 Å². The van der Waals surface area contributed by atoms with Gasteiger partial charge in [-0.05, 0) is 43.9 Å². The Morgan fingerprint density at radius 1 is 1.27 bits per heavy atom. The lowest BCUT2D eigenvalue weighted by atomic mass is 10.1. The lowest BCUT2D eigenvalue weighted by molar-refractivity contribution is -0.137. The molecule has 2 aromatic rings. The van der Waals surface area contributed by atoms with Crippen LogP contribution in [0, 0.1) is 0 Å². The fraction of sp³-hybridized carbons (Fsp3) is 0.526. The van der Waals surface area contributed by atoms with Crippen molar-refractivity contribution in [3.63, 3.8) is 0 Å². The molecule has 0 saturated carbocycles. The Balaban J connectivity index is 1.76. The van der Waals surface area contributed by atoms with Gasteiger partial charge in [0, 0.05) is 19.6 Å². The largest absolute Gasteiger partial charge is 0.416 e. The monoisotopic (exact) mass is 443 g/mol. The number of anilines is 2. The second kappa shape index (κ2) is 9.59. The van der Waals surface area contributed by atoms with Gasteiger partial charge in [-0.1, -0.05) is 18.7 Å². The van der Waals surface area contributed by atoms with E-state index in [4.69, 9.17) is 0 Å². The molecular formula is C19H24F3N5O2S. The van der Waals surface area contributed by atoms with Gasteiger partial charge in [-0.3, -0.25) is 9.36 Å². The van der Waals surface area contributed by atoms with Crippen LogP contribution in [0.15, 0.2) is 28.2 Å². The van der Waals surface area contributed by atoms with Crippen LogP contribution < -0.4 is 15.9 Å². The van der Waals surface area contributed by atoms with E-state index >= 15 is 0 Å². The van der Waals surface area contributed by atoms with Crippen molar-refractivity contribution in [1.82, 2.24) is 14.8 Å². The fourth-order valence-electron chi connectivity index (χ4n) is 3.37. The van der Waals surface area contributed by atoms with Crippen LogP contribution in [-0.2, 0) is 17.5 Å². The Kier molecular flexibility index (Phi) is 7.11. The Bertz CT molecular complexity index is 935. The average Bonchev–Trinajstić information content (AvgIpc) is 3.06. The number of hydrogen-bond acceptors (Lipinski definition) is 5. The fourth-order valence-corrected chi connectivity index (χ4v) is 4.15. The van der Waals surface area contributed by atoms with E-state index in [1.165, 1.54) is 10.6 Å². The van der Waals surface area contributed by atoms with Crippen molar-refractivity contribution in [2.24, 2.45) is 0 Å². The van der Waals surface area contributed by atoms with Gasteiger partial charge >= 0.3 is 11.9 Å². The van der Waals surface area contributed by atoms with Gasteiger partial charge in [-0.2, -0.15) is 13.2 Å². The van der Waals surface area contributed by atoms with Gasteiger partial charge in [0.25, 0.3) is 0 Å². The molecular weight excluding hydrogens is 419 g/mol. The molecule has 0 bridgehead atoms. The summed E-state index contributed by atoms with van der Waals surface area (Å²) < 4.78 is 41.0. The van der Waals surface area contributed by atoms with Crippen molar-refractivity contribution >= 4 is 29.0 Å². The number of benzene rings is 1. The molecule has 0 unspecified atom stereocenters. The van der Waals surface area contributed by atoms with Crippen molar-refractivity contribution in [2.45, 2.75) is 50.5 Å². The summed E-state index contributed by atoms with van der Waals surface area (Å²) in [6.07, 6.45) is -0.780. The number of rotatable bonds is 7. The number of thioether (sulfide) groups is 1. The van der Waals surface area contributed by atoms with Gasteiger partial charge < -0.3 is 10.2 Å². The van der Waals surface area contributed by atoms with Crippen molar-refractivity contribution in [1.29, 1.82) is 0 Å². The molecule has 1 aromatic carbocycles. The minimum atomic E-state index is -4.50. The molecule has 3 rings (SSSR count). The van der Waals surface area contributed by atoms with Gasteiger partial charge in [0.1, 0.15) is 0 Å². The number of halogens is 3. The SMILES string of the molecule is CCCn1c(SCC(=O)Nc2cc(C(F)(F)F)ccc2N2CCCCC2)n[nH]c1=O. The second-order valence-corrected chi connectivity index (χ2v) is 8.02. The van der Waals surface area contributed by atoms with Gasteiger partial charge in [0.2, 0.25) is 5.91 Å². The van der Waals surface area contributed by atoms with E-state index in [9.17, 15) is 22.8 Å². The first-order chi connectivity index (χ1) is 14.3. The molecule has 2 heterocycles. The zero-order valence-corrected chi connectivity index (χ0v) is 17.4. The lowest BCUT2D eigenvalue weighted by Gasteiger charge is -2.31. The molecule has 1 aliphatic heterocycles. The molecule has 0 spiro atoms. The van der Waals surface area contributed by atoms with E-state index < -0.39 is 17.6 Å². The first-order valence-electron chi connectivity index (χ1n) is 9.83. The average molecular weight is 443 g/mol. The summed E-state index contributed by atoms with van der Waals surface area (Å²) in [4.78, 5) is 26.2. The minimum absolute atomic E-state index is 0.0797. The van der Waals surface area contributed by atoms with E-state index in [2.05, 4.69) is 15.5 Å². The standard InChI is InChI=1S/C19H24F3N5O2S/c1-2-8-27-17(29)24-25-18(27)30-12-16(28)23-14-11-13(19(20,21)22)6-7-15(14)26-9-4-3-5-10-26/h6-7,11H,2-5,8-10,12H2,1H3,(H,23,28)(H,24,29). The van der Waals surface area contributed by atoms with E-state index in [0.29, 0.717) is 17.4 Å². The maximum Gasteiger partial charge on any atom is 0.416 e. The maximum absolute atomic E-state index is 13.2. The maximum atomic E-state index is 13.2. The van der Waals surface area contributed by atoms with Crippen molar-refractivity contribution < 1.29 is 18.0 Å². The van der Waals surface area contributed by atoms with Crippen molar-refractivity contribution in [3.8, 4) is 0 Å².